The summed E-state index contributed by atoms with van der Waals surface area (Å²) in [5, 5.41) is 13.3. The summed E-state index contributed by atoms with van der Waals surface area (Å²) < 4.78 is 0. The standard InChI is InChI=1S/C11H20N2S/c1-4-14-10-5-6-11(7-10,8-12)13-9(2)3/h9-10,13H,4-7H2,1-3H3. The van der Waals surface area contributed by atoms with E-state index in [0.29, 0.717) is 11.3 Å². The van der Waals surface area contributed by atoms with Gasteiger partial charge in [-0.15, -0.1) is 0 Å². The number of hydrogen-bond donors (Lipinski definition) is 1. The van der Waals surface area contributed by atoms with Crippen molar-refractivity contribution in [3.63, 3.8) is 0 Å². The molecular weight excluding hydrogens is 192 g/mol. The van der Waals surface area contributed by atoms with Crippen molar-refractivity contribution in [3.05, 3.63) is 0 Å². The van der Waals surface area contributed by atoms with Gasteiger partial charge in [0, 0.05) is 11.3 Å². The smallest absolute Gasteiger partial charge is 0.108 e. The monoisotopic (exact) mass is 212 g/mol. The van der Waals surface area contributed by atoms with E-state index in [2.05, 4.69) is 32.2 Å². The van der Waals surface area contributed by atoms with Gasteiger partial charge in [0.15, 0.2) is 0 Å². The zero-order valence-corrected chi connectivity index (χ0v) is 10.2. The van der Waals surface area contributed by atoms with Gasteiger partial charge in [0.25, 0.3) is 0 Å². The van der Waals surface area contributed by atoms with E-state index in [1.807, 2.05) is 11.8 Å². The Bertz CT molecular complexity index is 222. The zero-order valence-electron chi connectivity index (χ0n) is 9.34. The first-order chi connectivity index (χ1) is 6.62. The van der Waals surface area contributed by atoms with Crippen LogP contribution in [0.1, 0.15) is 40.0 Å². The molecule has 1 aliphatic rings. The Morgan fingerprint density at radius 3 is 2.86 bits per heavy atom. The Morgan fingerprint density at radius 2 is 2.36 bits per heavy atom. The average Bonchev–Trinajstić information content (AvgIpc) is 2.49. The van der Waals surface area contributed by atoms with Crippen molar-refractivity contribution in [2.75, 3.05) is 5.75 Å². The summed E-state index contributed by atoms with van der Waals surface area (Å²) in [5.41, 5.74) is -0.235. The second-order valence-electron chi connectivity index (χ2n) is 4.31. The number of nitrogens with one attached hydrogen (secondary N) is 1. The first kappa shape index (κ1) is 11.9. The predicted octanol–water partition coefficient (Wildman–Crippen LogP) is 2.55. The van der Waals surface area contributed by atoms with Gasteiger partial charge in [0.2, 0.25) is 0 Å². The molecule has 14 heavy (non-hydrogen) atoms. The molecule has 1 aliphatic carbocycles. The fourth-order valence-electron chi connectivity index (χ4n) is 2.20. The van der Waals surface area contributed by atoms with E-state index < -0.39 is 0 Å². The van der Waals surface area contributed by atoms with Crippen molar-refractivity contribution in [2.45, 2.75) is 56.9 Å². The predicted molar refractivity (Wildman–Crippen MR) is 62.4 cm³/mol. The highest BCUT2D eigenvalue weighted by atomic mass is 32.2. The van der Waals surface area contributed by atoms with Crippen LogP contribution in [0.15, 0.2) is 0 Å². The van der Waals surface area contributed by atoms with Crippen LogP contribution in [-0.2, 0) is 0 Å². The van der Waals surface area contributed by atoms with Gasteiger partial charge in [-0.25, -0.2) is 0 Å². The second kappa shape index (κ2) is 5.04. The Balaban J connectivity index is 2.53. The van der Waals surface area contributed by atoms with Gasteiger partial charge in [0.1, 0.15) is 5.54 Å². The molecule has 0 aliphatic heterocycles. The lowest BCUT2D eigenvalue weighted by Crippen LogP contribution is -2.45. The summed E-state index contributed by atoms with van der Waals surface area (Å²) in [6.45, 7) is 6.41. The number of thioether (sulfide) groups is 1. The van der Waals surface area contributed by atoms with Crippen LogP contribution in [0.25, 0.3) is 0 Å². The van der Waals surface area contributed by atoms with Crippen LogP contribution in [0.5, 0.6) is 0 Å². The van der Waals surface area contributed by atoms with E-state index in [4.69, 9.17) is 0 Å². The highest BCUT2D eigenvalue weighted by Crippen LogP contribution is 2.36. The number of rotatable bonds is 4. The molecule has 1 fully saturated rings. The fourth-order valence-corrected chi connectivity index (χ4v) is 3.35. The van der Waals surface area contributed by atoms with Crippen LogP contribution in [0.2, 0.25) is 0 Å². The van der Waals surface area contributed by atoms with Gasteiger partial charge in [-0.2, -0.15) is 17.0 Å². The van der Waals surface area contributed by atoms with Crippen molar-refractivity contribution in [1.82, 2.24) is 5.32 Å². The molecule has 0 aromatic heterocycles. The molecule has 2 unspecified atom stereocenters. The van der Waals surface area contributed by atoms with Crippen molar-refractivity contribution in [1.29, 1.82) is 5.26 Å². The van der Waals surface area contributed by atoms with Gasteiger partial charge < -0.3 is 0 Å². The highest BCUT2D eigenvalue weighted by Gasteiger charge is 2.39. The van der Waals surface area contributed by atoms with E-state index in [1.165, 1.54) is 6.42 Å². The Morgan fingerprint density at radius 1 is 1.64 bits per heavy atom. The third kappa shape index (κ3) is 2.90. The van der Waals surface area contributed by atoms with Crippen LogP contribution in [0.3, 0.4) is 0 Å². The Kier molecular flexibility index (Phi) is 4.28. The molecule has 0 saturated heterocycles. The molecule has 0 bridgehead atoms. The summed E-state index contributed by atoms with van der Waals surface area (Å²) in [6.07, 6.45) is 3.21. The minimum Gasteiger partial charge on any atom is -0.297 e. The summed E-state index contributed by atoms with van der Waals surface area (Å²) >= 11 is 1.99. The van der Waals surface area contributed by atoms with E-state index in [9.17, 15) is 5.26 Å². The molecule has 0 aromatic rings. The normalized spacial score (nSPS) is 32.1. The van der Waals surface area contributed by atoms with Gasteiger partial charge >= 0.3 is 0 Å². The lowest BCUT2D eigenvalue weighted by Gasteiger charge is -2.25. The van der Waals surface area contributed by atoms with Gasteiger partial charge in [0.05, 0.1) is 6.07 Å². The number of nitrogens with zero attached hydrogens (tertiary/aromatic N) is 1. The third-order valence-corrected chi connectivity index (χ3v) is 3.86. The maximum Gasteiger partial charge on any atom is 0.108 e. The molecule has 1 saturated carbocycles. The van der Waals surface area contributed by atoms with Gasteiger partial charge in [-0.3, -0.25) is 5.32 Å². The van der Waals surface area contributed by atoms with Crippen molar-refractivity contribution < 1.29 is 0 Å². The summed E-state index contributed by atoms with van der Waals surface area (Å²) in [5.74, 6) is 1.16. The first-order valence-electron chi connectivity index (χ1n) is 5.42. The van der Waals surface area contributed by atoms with Crippen LogP contribution in [0.4, 0.5) is 0 Å². The van der Waals surface area contributed by atoms with E-state index in [-0.39, 0.29) is 5.54 Å². The van der Waals surface area contributed by atoms with Crippen molar-refractivity contribution >= 4 is 11.8 Å². The molecule has 0 radical (unpaired) electrons. The van der Waals surface area contributed by atoms with E-state index in [0.717, 1.165) is 18.6 Å². The third-order valence-electron chi connectivity index (χ3n) is 2.65. The van der Waals surface area contributed by atoms with Gasteiger partial charge in [-0.05, 0) is 38.9 Å². The summed E-state index contributed by atoms with van der Waals surface area (Å²) in [6, 6.07) is 2.88. The molecular formula is C11H20N2S. The van der Waals surface area contributed by atoms with Crippen molar-refractivity contribution in [3.8, 4) is 6.07 Å². The van der Waals surface area contributed by atoms with E-state index in [1.54, 1.807) is 0 Å². The fraction of sp³-hybridized carbons (Fsp3) is 0.909. The van der Waals surface area contributed by atoms with Crippen LogP contribution < -0.4 is 5.32 Å². The van der Waals surface area contributed by atoms with Crippen LogP contribution in [0, 0.1) is 11.3 Å². The lowest BCUT2D eigenvalue weighted by molar-refractivity contribution is 0.386. The molecule has 1 N–H and O–H groups in total. The van der Waals surface area contributed by atoms with Gasteiger partial charge in [-0.1, -0.05) is 6.92 Å². The Labute approximate surface area is 91.4 Å². The van der Waals surface area contributed by atoms with Crippen molar-refractivity contribution in [2.24, 2.45) is 0 Å². The quantitative estimate of drug-likeness (QED) is 0.778. The molecule has 0 heterocycles. The molecule has 80 valence electrons. The lowest BCUT2D eigenvalue weighted by atomic mass is 9.99. The largest absolute Gasteiger partial charge is 0.297 e. The van der Waals surface area contributed by atoms with Crippen LogP contribution >= 0.6 is 11.8 Å². The first-order valence-corrected chi connectivity index (χ1v) is 6.47. The number of hydrogen-bond acceptors (Lipinski definition) is 3. The van der Waals surface area contributed by atoms with Crippen LogP contribution in [-0.4, -0.2) is 22.6 Å². The highest BCUT2D eigenvalue weighted by molar-refractivity contribution is 7.99. The molecule has 3 heteroatoms. The molecule has 1 rings (SSSR count). The molecule has 0 aromatic carbocycles. The second-order valence-corrected chi connectivity index (χ2v) is 5.89. The maximum absolute atomic E-state index is 9.23. The summed E-state index contributed by atoms with van der Waals surface area (Å²) in [4.78, 5) is 0. The Hall–Kier alpha value is -0.200. The minimum absolute atomic E-state index is 0.235. The topological polar surface area (TPSA) is 35.8 Å². The molecule has 2 atom stereocenters. The SMILES string of the molecule is CCSC1CCC(C#N)(NC(C)C)C1. The molecule has 2 nitrogen and oxygen atoms in total. The maximum atomic E-state index is 9.23. The average molecular weight is 212 g/mol. The molecule has 0 spiro atoms. The zero-order chi connectivity index (χ0) is 10.6. The summed E-state index contributed by atoms with van der Waals surface area (Å²) in [7, 11) is 0. The molecule has 0 amide bonds. The van der Waals surface area contributed by atoms with E-state index >= 15 is 0 Å². The number of nitriles is 1. The minimum atomic E-state index is -0.235.